The predicted molar refractivity (Wildman–Crippen MR) is 100 cm³/mol. The van der Waals surface area contributed by atoms with E-state index in [1.165, 1.54) is 6.39 Å². The van der Waals surface area contributed by atoms with Gasteiger partial charge in [-0.25, -0.2) is 4.79 Å². The van der Waals surface area contributed by atoms with Crippen LogP contribution in [0.4, 0.5) is 5.69 Å². The molecule has 0 unspecified atom stereocenters. The molecule has 0 spiro atoms. The van der Waals surface area contributed by atoms with Gasteiger partial charge in [-0.05, 0) is 30.3 Å². The van der Waals surface area contributed by atoms with Crippen LogP contribution in [0.25, 0.3) is 22.5 Å². The largest absolute Gasteiger partial charge is 0.423 e. The number of anilines is 1. The van der Waals surface area contributed by atoms with E-state index in [1.54, 1.807) is 34.4 Å². The summed E-state index contributed by atoms with van der Waals surface area (Å²) < 4.78 is 8.37. The number of hydrogen-bond acceptors (Lipinski definition) is 5. The summed E-state index contributed by atoms with van der Waals surface area (Å²) >= 11 is 0. The molecule has 27 heavy (non-hydrogen) atoms. The summed E-state index contributed by atoms with van der Waals surface area (Å²) in [4.78, 5) is 24.8. The van der Waals surface area contributed by atoms with Crippen molar-refractivity contribution in [1.82, 2.24) is 19.3 Å². The molecule has 8 nitrogen and oxygen atoms in total. The second-order valence-electron chi connectivity index (χ2n) is 6.10. The number of aromatic nitrogens is 4. The first-order chi connectivity index (χ1) is 13.1. The Balaban J connectivity index is 1.48. The number of carbonyl (C=O) groups excluding carboxylic acids is 1. The molecule has 4 aromatic rings. The lowest BCUT2D eigenvalue weighted by molar-refractivity contribution is -0.116. The number of nitrogens with zero attached hydrogens (tertiary/aromatic N) is 4. The van der Waals surface area contributed by atoms with E-state index >= 15 is 0 Å². The average molecular weight is 363 g/mol. The van der Waals surface area contributed by atoms with Crippen LogP contribution in [0, 0.1) is 0 Å². The molecule has 8 heteroatoms. The number of nitrogens with one attached hydrogen (secondary N) is 1. The first-order valence-electron chi connectivity index (χ1n) is 8.44. The van der Waals surface area contributed by atoms with E-state index in [0.29, 0.717) is 18.1 Å². The Kier molecular flexibility index (Phi) is 4.29. The zero-order valence-electron chi connectivity index (χ0n) is 14.6. The average Bonchev–Trinajstić information content (AvgIpc) is 3.30. The Bertz CT molecular complexity index is 1160. The van der Waals surface area contributed by atoms with Gasteiger partial charge in [-0.1, -0.05) is 18.2 Å². The fourth-order valence-corrected chi connectivity index (χ4v) is 3.04. The van der Waals surface area contributed by atoms with Gasteiger partial charge in [0, 0.05) is 31.3 Å². The Hall–Kier alpha value is -3.68. The van der Waals surface area contributed by atoms with Crippen LogP contribution in [-0.2, 0) is 18.4 Å². The van der Waals surface area contributed by atoms with Crippen molar-refractivity contribution in [2.75, 3.05) is 5.32 Å². The lowest BCUT2D eigenvalue weighted by atomic mass is 10.2. The van der Waals surface area contributed by atoms with E-state index in [4.69, 9.17) is 4.42 Å². The van der Waals surface area contributed by atoms with Crippen LogP contribution in [0.1, 0.15) is 6.42 Å². The molecule has 0 aliphatic heterocycles. The highest BCUT2D eigenvalue weighted by atomic mass is 16.4. The summed E-state index contributed by atoms with van der Waals surface area (Å²) in [5.74, 6) is 0.200. The number of carbonyl (C=O) groups is 1. The number of para-hydroxylation sites is 2. The number of benzene rings is 2. The molecule has 1 N–H and O–H groups in total. The summed E-state index contributed by atoms with van der Waals surface area (Å²) in [7, 11) is 1.73. The minimum Gasteiger partial charge on any atom is -0.423 e. The molecule has 2 heterocycles. The van der Waals surface area contributed by atoms with E-state index in [-0.39, 0.29) is 18.0 Å². The SMILES string of the molecule is Cn1c(=O)n(CCC(=O)Nc2cccc(-c3nnco3)c2)c2ccccc21. The molecule has 2 aromatic heterocycles. The molecule has 0 saturated carbocycles. The van der Waals surface area contributed by atoms with Crippen molar-refractivity contribution in [3.8, 4) is 11.5 Å². The third-order valence-electron chi connectivity index (χ3n) is 4.37. The maximum atomic E-state index is 12.4. The Morgan fingerprint density at radius 2 is 1.96 bits per heavy atom. The van der Waals surface area contributed by atoms with Gasteiger partial charge in [-0.15, -0.1) is 10.2 Å². The third-order valence-corrected chi connectivity index (χ3v) is 4.37. The Labute approximate surface area is 154 Å². The van der Waals surface area contributed by atoms with Crippen LogP contribution in [0.3, 0.4) is 0 Å². The van der Waals surface area contributed by atoms with Crippen molar-refractivity contribution in [2.24, 2.45) is 7.05 Å². The summed E-state index contributed by atoms with van der Waals surface area (Å²) in [5, 5.41) is 10.3. The molecule has 2 aromatic carbocycles. The number of rotatable bonds is 5. The third kappa shape index (κ3) is 3.24. The highest BCUT2D eigenvalue weighted by Crippen LogP contribution is 2.20. The molecular formula is C19H17N5O3. The second kappa shape index (κ2) is 6.91. The molecule has 0 radical (unpaired) electrons. The van der Waals surface area contributed by atoms with Gasteiger partial charge in [0.05, 0.1) is 11.0 Å². The van der Waals surface area contributed by atoms with Gasteiger partial charge in [0.15, 0.2) is 0 Å². The predicted octanol–water partition coefficient (Wildman–Crippen LogP) is 2.42. The Morgan fingerprint density at radius 3 is 2.74 bits per heavy atom. The van der Waals surface area contributed by atoms with Crippen LogP contribution in [0.15, 0.2) is 64.1 Å². The number of imidazole rings is 1. The summed E-state index contributed by atoms with van der Waals surface area (Å²) in [5.41, 5.74) is 2.87. The summed E-state index contributed by atoms with van der Waals surface area (Å²) in [6, 6.07) is 14.7. The number of aryl methyl sites for hydroxylation is 2. The van der Waals surface area contributed by atoms with E-state index in [1.807, 2.05) is 30.3 Å². The minimum absolute atomic E-state index is 0.137. The quantitative estimate of drug-likeness (QED) is 0.587. The Morgan fingerprint density at radius 1 is 1.15 bits per heavy atom. The van der Waals surface area contributed by atoms with Crippen LogP contribution in [-0.4, -0.2) is 25.2 Å². The molecule has 0 aliphatic rings. The zero-order valence-corrected chi connectivity index (χ0v) is 14.6. The lowest BCUT2D eigenvalue weighted by Crippen LogP contribution is -2.24. The molecule has 0 saturated heterocycles. The van der Waals surface area contributed by atoms with E-state index < -0.39 is 0 Å². The molecule has 0 bridgehead atoms. The maximum absolute atomic E-state index is 12.4. The monoisotopic (exact) mass is 363 g/mol. The van der Waals surface area contributed by atoms with Crippen molar-refractivity contribution in [3.63, 3.8) is 0 Å². The number of hydrogen-bond donors (Lipinski definition) is 1. The van der Waals surface area contributed by atoms with E-state index in [2.05, 4.69) is 15.5 Å². The molecule has 0 atom stereocenters. The second-order valence-corrected chi connectivity index (χ2v) is 6.10. The van der Waals surface area contributed by atoms with Gasteiger partial charge < -0.3 is 9.73 Å². The molecule has 136 valence electrons. The molecular weight excluding hydrogens is 346 g/mol. The summed E-state index contributed by atoms with van der Waals surface area (Å²) in [6.07, 6.45) is 1.43. The first-order valence-corrected chi connectivity index (χ1v) is 8.44. The van der Waals surface area contributed by atoms with Crippen LogP contribution >= 0.6 is 0 Å². The van der Waals surface area contributed by atoms with Gasteiger partial charge in [-0.2, -0.15) is 0 Å². The molecule has 0 fully saturated rings. The van der Waals surface area contributed by atoms with Gasteiger partial charge >= 0.3 is 5.69 Å². The van der Waals surface area contributed by atoms with Gasteiger partial charge in [-0.3, -0.25) is 13.9 Å². The standard InChI is InChI=1S/C19H17N5O3/c1-23-15-7-2-3-8-16(15)24(19(23)26)10-9-17(25)21-14-6-4-5-13(11-14)18-22-20-12-27-18/h2-8,11-12H,9-10H2,1H3,(H,21,25). The lowest BCUT2D eigenvalue weighted by Gasteiger charge is -2.07. The van der Waals surface area contributed by atoms with Gasteiger partial charge in [0.2, 0.25) is 18.2 Å². The van der Waals surface area contributed by atoms with E-state index in [0.717, 1.165) is 16.6 Å². The van der Waals surface area contributed by atoms with Gasteiger partial charge in [0.25, 0.3) is 0 Å². The van der Waals surface area contributed by atoms with Crippen molar-refractivity contribution >= 4 is 22.6 Å². The topological polar surface area (TPSA) is 95.0 Å². The molecule has 1 amide bonds. The smallest absolute Gasteiger partial charge is 0.328 e. The number of amides is 1. The highest BCUT2D eigenvalue weighted by Gasteiger charge is 2.12. The molecule has 4 rings (SSSR count). The van der Waals surface area contributed by atoms with Crippen molar-refractivity contribution in [2.45, 2.75) is 13.0 Å². The number of fused-ring (bicyclic) bond motifs is 1. The fraction of sp³-hybridized carbons (Fsp3) is 0.158. The van der Waals surface area contributed by atoms with Crippen LogP contribution in [0.2, 0.25) is 0 Å². The van der Waals surface area contributed by atoms with Crippen molar-refractivity contribution < 1.29 is 9.21 Å². The fourth-order valence-electron chi connectivity index (χ4n) is 3.04. The van der Waals surface area contributed by atoms with Crippen LogP contribution in [0.5, 0.6) is 0 Å². The minimum atomic E-state index is -0.183. The highest BCUT2D eigenvalue weighted by molar-refractivity contribution is 5.91. The maximum Gasteiger partial charge on any atom is 0.328 e. The van der Waals surface area contributed by atoms with Crippen molar-refractivity contribution in [1.29, 1.82) is 0 Å². The normalized spacial score (nSPS) is 11.0. The van der Waals surface area contributed by atoms with Crippen LogP contribution < -0.4 is 11.0 Å². The van der Waals surface area contributed by atoms with Gasteiger partial charge in [0.1, 0.15) is 0 Å². The first kappa shape index (κ1) is 16.8. The van der Waals surface area contributed by atoms with E-state index in [9.17, 15) is 9.59 Å². The van der Waals surface area contributed by atoms with Crippen molar-refractivity contribution in [3.05, 3.63) is 65.4 Å². The molecule has 0 aliphatic carbocycles. The zero-order chi connectivity index (χ0) is 18.8. The summed E-state index contributed by atoms with van der Waals surface area (Å²) in [6.45, 7) is 0.301.